The van der Waals surface area contributed by atoms with Crippen LogP contribution in [0, 0.1) is 6.92 Å². The van der Waals surface area contributed by atoms with Crippen LogP contribution in [0.1, 0.15) is 21.6 Å². The van der Waals surface area contributed by atoms with Crippen molar-refractivity contribution in [1.82, 2.24) is 14.9 Å². The topological polar surface area (TPSA) is 49.3 Å². The summed E-state index contributed by atoms with van der Waals surface area (Å²) in [6, 6.07) is 12.0. The Hall–Kier alpha value is -2.38. The predicted molar refractivity (Wildman–Crippen MR) is 115 cm³/mol. The first kappa shape index (κ1) is 19.0. The molecule has 144 valence electrons. The lowest BCUT2D eigenvalue weighted by molar-refractivity contribution is 0.0743. The molecule has 0 aliphatic carbocycles. The molecule has 0 bridgehead atoms. The third-order valence-electron chi connectivity index (χ3n) is 4.76. The number of rotatable bonds is 5. The van der Waals surface area contributed by atoms with Gasteiger partial charge in [0.05, 0.1) is 16.8 Å². The lowest BCUT2D eigenvalue weighted by atomic mass is 10.1. The average molecular weight is 411 g/mol. The summed E-state index contributed by atoms with van der Waals surface area (Å²) in [5.41, 5.74) is 4.83. The van der Waals surface area contributed by atoms with Crippen molar-refractivity contribution in [3.05, 3.63) is 70.3 Å². The van der Waals surface area contributed by atoms with E-state index in [9.17, 15) is 4.79 Å². The fraction of sp³-hybridized carbons (Fsp3) is 0.286. The van der Waals surface area contributed by atoms with Crippen LogP contribution >= 0.6 is 23.1 Å². The normalized spacial score (nSPS) is 14.3. The lowest BCUT2D eigenvalue weighted by Crippen LogP contribution is -2.49. The highest BCUT2D eigenvalue weighted by Crippen LogP contribution is 2.27. The van der Waals surface area contributed by atoms with Crippen LogP contribution < -0.4 is 4.90 Å². The van der Waals surface area contributed by atoms with Crippen LogP contribution in [-0.2, 0) is 5.75 Å². The van der Waals surface area contributed by atoms with Gasteiger partial charge in [0.1, 0.15) is 5.82 Å². The first-order chi connectivity index (χ1) is 13.7. The van der Waals surface area contributed by atoms with E-state index in [1.165, 1.54) is 0 Å². The maximum atomic E-state index is 13.1. The zero-order valence-corrected chi connectivity index (χ0v) is 17.4. The third-order valence-corrected chi connectivity index (χ3v) is 6.51. The molecule has 1 aromatic carbocycles. The van der Waals surface area contributed by atoms with Gasteiger partial charge in [-0.15, -0.1) is 23.1 Å². The smallest absolute Gasteiger partial charge is 0.255 e. The van der Waals surface area contributed by atoms with Gasteiger partial charge >= 0.3 is 0 Å². The van der Waals surface area contributed by atoms with Crippen LogP contribution in [0.4, 0.5) is 5.82 Å². The molecule has 0 radical (unpaired) electrons. The van der Waals surface area contributed by atoms with Gasteiger partial charge in [0.25, 0.3) is 5.91 Å². The van der Waals surface area contributed by atoms with E-state index in [1.807, 2.05) is 47.8 Å². The summed E-state index contributed by atoms with van der Waals surface area (Å²) >= 11 is 3.27. The molecule has 1 aliphatic rings. The van der Waals surface area contributed by atoms with Crippen molar-refractivity contribution >= 4 is 34.8 Å². The molecule has 0 spiro atoms. The Kier molecular flexibility index (Phi) is 5.92. The lowest BCUT2D eigenvalue weighted by Gasteiger charge is -2.35. The van der Waals surface area contributed by atoms with E-state index >= 15 is 0 Å². The van der Waals surface area contributed by atoms with Gasteiger partial charge in [-0.2, -0.15) is 0 Å². The van der Waals surface area contributed by atoms with E-state index in [-0.39, 0.29) is 5.91 Å². The minimum Gasteiger partial charge on any atom is -0.353 e. The molecule has 1 saturated heterocycles. The number of nitrogens with zero attached hydrogens (tertiary/aromatic N) is 4. The standard InChI is InChI=1S/C21H22N4OS2/c1-16-6-7-20(22-12-16)24-8-10-25(11-9-24)21(26)18-4-2-3-5-19(18)28-14-17-13-27-15-23-17/h2-7,12-13,15H,8-11,14H2,1H3. The van der Waals surface area contributed by atoms with E-state index in [2.05, 4.69) is 32.4 Å². The molecule has 5 nitrogen and oxygen atoms in total. The second-order valence-corrected chi connectivity index (χ2v) is 8.47. The number of aryl methyl sites for hydroxylation is 1. The van der Waals surface area contributed by atoms with E-state index in [4.69, 9.17) is 0 Å². The van der Waals surface area contributed by atoms with Crippen LogP contribution in [0.2, 0.25) is 0 Å². The highest BCUT2D eigenvalue weighted by molar-refractivity contribution is 7.98. The zero-order chi connectivity index (χ0) is 19.3. The molecule has 28 heavy (non-hydrogen) atoms. The number of hydrogen-bond acceptors (Lipinski definition) is 6. The SMILES string of the molecule is Cc1ccc(N2CCN(C(=O)c3ccccc3SCc3cscn3)CC2)nc1. The molecule has 1 aliphatic heterocycles. The van der Waals surface area contributed by atoms with Gasteiger partial charge in [-0.25, -0.2) is 9.97 Å². The number of pyridine rings is 1. The van der Waals surface area contributed by atoms with Crippen LogP contribution in [-0.4, -0.2) is 47.0 Å². The molecule has 0 saturated carbocycles. The van der Waals surface area contributed by atoms with E-state index in [0.717, 1.165) is 46.4 Å². The molecule has 3 aromatic rings. The molecule has 4 rings (SSSR count). The number of aromatic nitrogens is 2. The number of carbonyl (C=O) groups is 1. The van der Waals surface area contributed by atoms with Crippen molar-refractivity contribution < 1.29 is 4.79 Å². The van der Waals surface area contributed by atoms with E-state index in [1.54, 1.807) is 23.1 Å². The summed E-state index contributed by atoms with van der Waals surface area (Å²) in [6.45, 7) is 5.06. The van der Waals surface area contributed by atoms with E-state index < -0.39 is 0 Å². The van der Waals surface area contributed by atoms with Crippen LogP contribution in [0.5, 0.6) is 0 Å². The Morgan fingerprint density at radius 1 is 1.11 bits per heavy atom. The fourth-order valence-electron chi connectivity index (χ4n) is 3.19. The number of carbonyl (C=O) groups excluding carboxylic acids is 1. The number of amides is 1. The van der Waals surface area contributed by atoms with Gasteiger partial charge < -0.3 is 9.80 Å². The summed E-state index contributed by atoms with van der Waals surface area (Å²) in [7, 11) is 0. The largest absolute Gasteiger partial charge is 0.353 e. The fourth-order valence-corrected chi connectivity index (χ4v) is 4.80. The molecular weight excluding hydrogens is 388 g/mol. The van der Waals surface area contributed by atoms with Crippen molar-refractivity contribution in [2.24, 2.45) is 0 Å². The highest BCUT2D eigenvalue weighted by Gasteiger charge is 2.24. The van der Waals surface area contributed by atoms with Gasteiger partial charge in [-0.3, -0.25) is 4.79 Å². The van der Waals surface area contributed by atoms with Crippen LogP contribution in [0.3, 0.4) is 0 Å². The number of hydrogen-bond donors (Lipinski definition) is 0. The van der Waals surface area contributed by atoms with Gasteiger partial charge in [-0.05, 0) is 30.7 Å². The molecule has 1 fully saturated rings. The first-order valence-electron chi connectivity index (χ1n) is 9.26. The molecule has 1 amide bonds. The quantitative estimate of drug-likeness (QED) is 0.593. The van der Waals surface area contributed by atoms with Gasteiger partial charge in [0, 0.05) is 48.4 Å². The predicted octanol–water partition coefficient (Wildman–Crippen LogP) is 4.10. The zero-order valence-electron chi connectivity index (χ0n) is 15.7. The average Bonchev–Trinajstić information content (AvgIpc) is 3.26. The first-order valence-corrected chi connectivity index (χ1v) is 11.2. The minimum absolute atomic E-state index is 0.109. The molecule has 2 aromatic heterocycles. The Bertz CT molecular complexity index is 920. The Morgan fingerprint density at radius 2 is 1.93 bits per heavy atom. The van der Waals surface area contributed by atoms with Crippen molar-refractivity contribution in [2.75, 3.05) is 31.1 Å². The number of benzene rings is 1. The summed E-state index contributed by atoms with van der Waals surface area (Å²) < 4.78 is 0. The molecule has 7 heteroatoms. The van der Waals surface area contributed by atoms with Crippen molar-refractivity contribution in [3.8, 4) is 0 Å². The van der Waals surface area contributed by atoms with Gasteiger partial charge in [-0.1, -0.05) is 18.2 Å². The number of anilines is 1. The summed E-state index contributed by atoms with van der Waals surface area (Å²) in [4.78, 5) is 27.2. The van der Waals surface area contributed by atoms with Crippen molar-refractivity contribution in [1.29, 1.82) is 0 Å². The Morgan fingerprint density at radius 3 is 2.64 bits per heavy atom. The van der Waals surface area contributed by atoms with Crippen molar-refractivity contribution in [3.63, 3.8) is 0 Å². The van der Waals surface area contributed by atoms with Gasteiger partial charge in [0.15, 0.2) is 0 Å². The molecule has 3 heterocycles. The summed E-state index contributed by atoms with van der Waals surface area (Å²) in [6.07, 6.45) is 1.89. The monoisotopic (exact) mass is 410 g/mol. The number of thiazole rings is 1. The molecular formula is C21H22N4OS2. The second-order valence-electron chi connectivity index (χ2n) is 6.74. The summed E-state index contributed by atoms with van der Waals surface area (Å²) in [5.74, 6) is 1.87. The Labute approximate surface area is 173 Å². The van der Waals surface area contributed by atoms with E-state index in [0.29, 0.717) is 13.1 Å². The summed E-state index contributed by atoms with van der Waals surface area (Å²) in [5, 5.41) is 2.05. The number of thioether (sulfide) groups is 1. The molecule has 0 atom stereocenters. The molecule has 0 unspecified atom stereocenters. The minimum atomic E-state index is 0.109. The molecule has 0 N–H and O–H groups in total. The highest BCUT2D eigenvalue weighted by atomic mass is 32.2. The number of piperazine rings is 1. The maximum Gasteiger partial charge on any atom is 0.255 e. The third kappa shape index (κ3) is 4.36. The second kappa shape index (κ2) is 8.75. The van der Waals surface area contributed by atoms with Crippen LogP contribution in [0.15, 0.2) is 58.4 Å². The van der Waals surface area contributed by atoms with Gasteiger partial charge in [0.2, 0.25) is 0 Å². The van der Waals surface area contributed by atoms with Crippen molar-refractivity contribution in [2.45, 2.75) is 17.6 Å². The van der Waals surface area contributed by atoms with Crippen LogP contribution in [0.25, 0.3) is 0 Å². The Balaban J connectivity index is 1.40. The maximum absolute atomic E-state index is 13.1.